The second kappa shape index (κ2) is 3.50. The van der Waals surface area contributed by atoms with Gasteiger partial charge in [0.2, 0.25) is 0 Å². The first kappa shape index (κ1) is 12.0. The van der Waals surface area contributed by atoms with Crippen LogP contribution in [0.4, 0.5) is 0 Å². The Hall–Kier alpha value is -1.48. The first-order valence-electron chi connectivity index (χ1n) is 5.67. The standard InChI is InChI=1S/C14H16O3/c1-9(15)13(2)8-10-6-4-5-7-11(10)12(16)14(13,3)17/h4-7,17H,8H2,1-3H3/t13-,14+/m0/s1. The maximum absolute atomic E-state index is 12.3. The van der Waals surface area contributed by atoms with Crippen LogP contribution in [0.15, 0.2) is 24.3 Å². The van der Waals surface area contributed by atoms with Gasteiger partial charge >= 0.3 is 0 Å². The van der Waals surface area contributed by atoms with E-state index >= 15 is 0 Å². The van der Waals surface area contributed by atoms with Crippen molar-refractivity contribution < 1.29 is 14.7 Å². The van der Waals surface area contributed by atoms with Gasteiger partial charge in [-0.1, -0.05) is 24.3 Å². The number of hydrogen-bond donors (Lipinski definition) is 1. The zero-order valence-electron chi connectivity index (χ0n) is 10.3. The molecule has 1 aliphatic rings. The summed E-state index contributed by atoms with van der Waals surface area (Å²) in [5, 5.41) is 10.4. The van der Waals surface area contributed by atoms with Crippen molar-refractivity contribution in [2.24, 2.45) is 5.41 Å². The predicted molar refractivity (Wildman–Crippen MR) is 63.9 cm³/mol. The molecule has 0 fully saturated rings. The van der Waals surface area contributed by atoms with E-state index in [4.69, 9.17) is 0 Å². The van der Waals surface area contributed by atoms with Crippen LogP contribution in [0.3, 0.4) is 0 Å². The molecule has 0 aliphatic heterocycles. The molecule has 2 atom stereocenters. The summed E-state index contributed by atoms with van der Waals surface area (Å²) in [5.41, 5.74) is -1.32. The number of fused-ring (bicyclic) bond motifs is 1. The molecule has 0 unspecified atom stereocenters. The molecule has 1 aromatic carbocycles. The molecule has 0 saturated heterocycles. The number of carbonyl (C=O) groups is 2. The summed E-state index contributed by atoms with van der Waals surface area (Å²) in [6, 6.07) is 7.14. The first-order valence-corrected chi connectivity index (χ1v) is 5.67. The molecule has 17 heavy (non-hydrogen) atoms. The second-order valence-electron chi connectivity index (χ2n) is 5.12. The summed E-state index contributed by atoms with van der Waals surface area (Å²) < 4.78 is 0. The largest absolute Gasteiger partial charge is 0.381 e. The van der Waals surface area contributed by atoms with Gasteiger partial charge in [0.05, 0.1) is 5.41 Å². The monoisotopic (exact) mass is 232 g/mol. The van der Waals surface area contributed by atoms with Gasteiger partial charge in [-0.15, -0.1) is 0 Å². The lowest BCUT2D eigenvalue weighted by molar-refractivity contribution is -0.137. The highest BCUT2D eigenvalue weighted by molar-refractivity contribution is 6.08. The van der Waals surface area contributed by atoms with Gasteiger partial charge in [-0.25, -0.2) is 0 Å². The van der Waals surface area contributed by atoms with E-state index in [9.17, 15) is 14.7 Å². The van der Waals surface area contributed by atoms with E-state index in [1.165, 1.54) is 13.8 Å². The molecule has 90 valence electrons. The van der Waals surface area contributed by atoms with Crippen LogP contribution in [0.2, 0.25) is 0 Å². The van der Waals surface area contributed by atoms with Gasteiger partial charge in [0.15, 0.2) is 5.78 Å². The van der Waals surface area contributed by atoms with Gasteiger partial charge in [0.25, 0.3) is 0 Å². The summed E-state index contributed by atoms with van der Waals surface area (Å²) in [5.74, 6) is -0.526. The zero-order chi connectivity index (χ0) is 12.8. The minimum absolute atomic E-state index is 0.162. The summed E-state index contributed by atoms with van der Waals surface area (Å²) in [6.45, 7) is 4.52. The van der Waals surface area contributed by atoms with Crippen molar-refractivity contribution in [3.8, 4) is 0 Å². The van der Waals surface area contributed by atoms with Crippen LogP contribution >= 0.6 is 0 Å². The van der Waals surface area contributed by atoms with E-state index in [0.717, 1.165) is 5.56 Å². The number of hydrogen-bond acceptors (Lipinski definition) is 3. The molecular weight excluding hydrogens is 216 g/mol. The van der Waals surface area contributed by atoms with Crippen LogP contribution in [0.25, 0.3) is 0 Å². The molecule has 0 radical (unpaired) electrons. The number of rotatable bonds is 1. The van der Waals surface area contributed by atoms with Crippen LogP contribution in [0, 0.1) is 5.41 Å². The Bertz CT molecular complexity index is 502. The van der Waals surface area contributed by atoms with Gasteiger partial charge < -0.3 is 5.11 Å². The Balaban J connectivity index is 2.66. The van der Waals surface area contributed by atoms with Gasteiger partial charge in [0, 0.05) is 5.56 Å². The number of carbonyl (C=O) groups excluding carboxylic acids is 2. The molecular formula is C14H16O3. The average molecular weight is 232 g/mol. The molecule has 0 amide bonds. The first-order chi connectivity index (χ1) is 7.80. The third-order valence-electron chi connectivity index (χ3n) is 4.10. The van der Waals surface area contributed by atoms with Crippen molar-refractivity contribution >= 4 is 11.6 Å². The van der Waals surface area contributed by atoms with E-state index in [1.54, 1.807) is 19.1 Å². The zero-order valence-corrected chi connectivity index (χ0v) is 10.3. The summed E-state index contributed by atoms with van der Waals surface area (Å²) in [4.78, 5) is 24.0. The fraction of sp³-hybridized carbons (Fsp3) is 0.429. The van der Waals surface area contributed by atoms with E-state index in [2.05, 4.69) is 0 Å². The SMILES string of the molecule is CC(=O)[C@]1(C)Cc2ccccc2C(=O)[C@@]1(C)O. The Morgan fingerprint density at radius 1 is 1.29 bits per heavy atom. The molecule has 0 heterocycles. The van der Waals surface area contributed by atoms with Crippen molar-refractivity contribution in [3.05, 3.63) is 35.4 Å². The molecule has 0 spiro atoms. The molecule has 0 bridgehead atoms. The van der Waals surface area contributed by atoms with Crippen molar-refractivity contribution in [3.63, 3.8) is 0 Å². The third kappa shape index (κ3) is 1.46. The van der Waals surface area contributed by atoms with Gasteiger partial charge in [-0.05, 0) is 32.8 Å². The summed E-state index contributed by atoms with van der Waals surface area (Å²) in [7, 11) is 0. The number of ketones is 2. The Morgan fingerprint density at radius 3 is 2.47 bits per heavy atom. The van der Waals surface area contributed by atoms with Crippen molar-refractivity contribution in [2.75, 3.05) is 0 Å². The van der Waals surface area contributed by atoms with Crippen LogP contribution in [0.1, 0.15) is 36.7 Å². The lowest BCUT2D eigenvalue weighted by Crippen LogP contribution is -2.58. The van der Waals surface area contributed by atoms with E-state index < -0.39 is 11.0 Å². The van der Waals surface area contributed by atoms with Crippen LogP contribution in [-0.2, 0) is 11.2 Å². The molecule has 2 rings (SSSR count). The smallest absolute Gasteiger partial charge is 0.195 e. The molecule has 0 aromatic heterocycles. The molecule has 1 aromatic rings. The van der Waals surface area contributed by atoms with Crippen molar-refractivity contribution in [1.82, 2.24) is 0 Å². The van der Waals surface area contributed by atoms with Crippen molar-refractivity contribution in [2.45, 2.75) is 32.8 Å². The number of Topliss-reactive ketones (excluding diaryl/α,β-unsaturated/α-hetero) is 2. The average Bonchev–Trinajstić information content (AvgIpc) is 2.26. The van der Waals surface area contributed by atoms with E-state index in [1.807, 2.05) is 12.1 Å². The second-order valence-corrected chi connectivity index (χ2v) is 5.12. The maximum atomic E-state index is 12.3. The van der Waals surface area contributed by atoms with E-state index in [0.29, 0.717) is 12.0 Å². The highest BCUT2D eigenvalue weighted by Crippen LogP contribution is 2.43. The summed E-state index contributed by atoms with van der Waals surface area (Å²) >= 11 is 0. The molecule has 3 nitrogen and oxygen atoms in total. The fourth-order valence-corrected chi connectivity index (χ4v) is 2.43. The fourth-order valence-electron chi connectivity index (χ4n) is 2.43. The Morgan fingerprint density at radius 2 is 1.88 bits per heavy atom. The maximum Gasteiger partial charge on any atom is 0.195 e. The predicted octanol–water partition coefficient (Wildman–Crippen LogP) is 1.77. The molecule has 0 saturated carbocycles. The molecule has 1 N–H and O–H groups in total. The number of benzene rings is 1. The van der Waals surface area contributed by atoms with Crippen LogP contribution in [-0.4, -0.2) is 22.3 Å². The van der Waals surface area contributed by atoms with Crippen LogP contribution in [0.5, 0.6) is 0 Å². The minimum Gasteiger partial charge on any atom is -0.381 e. The minimum atomic E-state index is -1.63. The van der Waals surface area contributed by atoms with Gasteiger partial charge in [-0.3, -0.25) is 9.59 Å². The molecule has 3 heteroatoms. The lowest BCUT2D eigenvalue weighted by Gasteiger charge is -2.43. The lowest BCUT2D eigenvalue weighted by atomic mass is 9.61. The van der Waals surface area contributed by atoms with E-state index in [-0.39, 0.29) is 11.6 Å². The highest BCUT2D eigenvalue weighted by atomic mass is 16.3. The topological polar surface area (TPSA) is 54.4 Å². The van der Waals surface area contributed by atoms with Crippen molar-refractivity contribution in [1.29, 1.82) is 0 Å². The summed E-state index contributed by atoms with van der Waals surface area (Å²) in [6.07, 6.45) is 0.400. The Kier molecular flexibility index (Phi) is 2.47. The van der Waals surface area contributed by atoms with Gasteiger partial charge in [0.1, 0.15) is 11.4 Å². The normalized spacial score (nSPS) is 32.1. The highest BCUT2D eigenvalue weighted by Gasteiger charge is 2.55. The Labute approximate surface area is 100 Å². The quantitative estimate of drug-likeness (QED) is 0.802. The third-order valence-corrected chi connectivity index (χ3v) is 4.10. The van der Waals surface area contributed by atoms with Gasteiger partial charge in [-0.2, -0.15) is 0 Å². The number of aliphatic hydroxyl groups is 1. The molecule has 1 aliphatic carbocycles. The van der Waals surface area contributed by atoms with Crippen LogP contribution < -0.4 is 0 Å².